The van der Waals surface area contributed by atoms with Gasteiger partial charge in [-0.15, -0.1) is 0 Å². The number of rotatable bonds is 6. The maximum Gasteiger partial charge on any atom is 0.355 e. The minimum atomic E-state index is -0.395. The molecule has 30 heavy (non-hydrogen) atoms. The molecular weight excluding hydrogens is 385 g/mol. The second-order valence-electron chi connectivity index (χ2n) is 7.81. The third-order valence-corrected chi connectivity index (χ3v) is 5.75. The van der Waals surface area contributed by atoms with Gasteiger partial charge in [0.1, 0.15) is 11.5 Å². The maximum atomic E-state index is 13.6. The van der Waals surface area contributed by atoms with Crippen molar-refractivity contribution in [2.24, 2.45) is 0 Å². The first kappa shape index (κ1) is 21.9. The van der Waals surface area contributed by atoms with Gasteiger partial charge in [0.15, 0.2) is 0 Å². The zero-order valence-electron chi connectivity index (χ0n) is 17.9. The largest absolute Gasteiger partial charge is 0.461 e. The van der Waals surface area contributed by atoms with Gasteiger partial charge in [0, 0.05) is 24.0 Å². The van der Waals surface area contributed by atoms with Crippen LogP contribution in [-0.2, 0) is 11.3 Å². The Morgan fingerprint density at radius 3 is 2.63 bits per heavy atom. The third-order valence-electron chi connectivity index (χ3n) is 5.75. The molecule has 0 aliphatic heterocycles. The highest BCUT2D eigenvalue weighted by molar-refractivity contribution is 5.91. The fourth-order valence-electron chi connectivity index (χ4n) is 4.12. The Labute approximate surface area is 176 Å². The van der Waals surface area contributed by atoms with Crippen LogP contribution in [0.2, 0.25) is 0 Å². The monoisotopic (exact) mass is 415 g/mol. The highest BCUT2D eigenvalue weighted by Crippen LogP contribution is 2.28. The van der Waals surface area contributed by atoms with Crippen LogP contribution in [0.25, 0.3) is 0 Å². The Balaban J connectivity index is 1.86. The fraction of sp³-hybridized carbons (Fsp3) is 0.478. The van der Waals surface area contributed by atoms with Crippen molar-refractivity contribution in [2.75, 3.05) is 11.9 Å². The standard InChI is InChI=1S/C23H30FN3O3/c1-4-30-22(28)21-15(2)20(16(3)25-21)14-27(19-11-6-5-7-12-19)23(29)26-18-10-8-9-17(24)13-18/h8-10,13,19,25H,4-7,11-12,14H2,1-3H3,(H,26,29). The second-order valence-corrected chi connectivity index (χ2v) is 7.81. The summed E-state index contributed by atoms with van der Waals surface area (Å²) in [5.41, 5.74) is 3.41. The molecule has 0 unspecified atom stereocenters. The van der Waals surface area contributed by atoms with E-state index in [1.54, 1.807) is 19.1 Å². The van der Waals surface area contributed by atoms with E-state index >= 15 is 0 Å². The number of esters is 1. The van der Waals surface area contributed by atoms with Crippen LogP contribution in [0.1, 0.15) is 66.3 Å². The number of carbonyl (C=O) groups is 2. The number of nitrogens with one attached hydrogen (secondary N) is 2. The first-order valence-electron chi connectivity index (χ1n) is 10.6. The van der Waals surface area contributed by atoms with Crippen molar-refractivity contribution >= 4 is 17.7 Å². The van der Waals surface area contributed by atoms with E-state index in [1.807, 2.05) is 18.7 Å². The van der Waals surface area contributed by atoms with E-state index in [9.17, 15) is 14.0 Å². The van der Waals surface area contributed by atoms with Crippen LogP contribution < -0.4 is 5.32 Å². The van der Waals surface area contributed by atoms with Gasteiger partial charge < -0.3 is 19.9 Å². The molecule has 1 aromatic heterocycles. The quantitative estimate of drug-likeness (QED) is 0.628. The van der Waals surface area contributed by atoms with Gasteiger partial charge in [-0.25, -0.2) is 14.0 Å². The first-order valence-corrected chi connectivity index (χ1v) is 10.6. The fourth-order valence-corrected chi connectivity index (χ4v) is 4.12. The predicted octanol–water partition coefficient (Wildman–Crippen LogP) is 5.31. The van der Waals surface area contributed by atoms with Crippen molar-refractivity contribution in [3.63, 3.8) is 0 Å². The number of aryl methyl sites for hydroxylation is 1. The topological polar surface area (TPSA) is 74.4 Å². The van der Waals surface area contributed by atoms with Gasteiger partial charge in [-0.05, 0) is 62.9 Å². The first-order chi connectivity index (χ1) is 14.4. The third kappa shape index (κ3) is 5.01. The number of hydrogen-bond donors (Lipinski definition) is 2. The minimum absolute atomic E-state index is 0.104. The van der Waals surface area contributed by atoms with Crippen LogP contribution in [-0.4, -0.2) is 34.5 Å². The molecule has 7 heteroatoms. The van der Waals surface area contributed by atoms with E-state index in [2.05, 4.69) is 10.3 Å². The van der Waals surface area contributed by atoms with Crippen molar-refractivity contribution in [2.45, 2.75) is 65.5 Å². The summed E-state index contributed by atoms with van der Waals surface area (Å²) in [5, 5.41) is 2.83. The van der Waals surface area contributed by atoms with E-state index in [0.717, 1.165) is 42.5 Å². The number of halogens is 1. The smallest absolute Gasteiger partial charge is 0.355 e. The number of H-pyrrole nitrogens is 1. The summed E-state index contributed by atoms with van der Waals surface area (Å²) in [6.07, 6.45) is 5.19. The number of urea groups is 1. The molecule has 3 rings (SSSR count). The summed E-state index contributed by atoms with van der Waals surface area (Å²) < 4.78 is 18.7. The molecule has 1 aliphatic carbocycles. The van der Waals surface area contributed by atoms with Crippen molar-refractivity contribution in [1.29, 1.82) is 0 Å². The van der Waals surface area contributed by atoms with Gasteiger partial charge in [0.2, 0.25) is 0 Å². The highest BCUT2D eigenvalue weighted by Gasteiger charge is 2.28. The van der Waals surface area contributed by atoms with Gasteiger partial charge in [-0.3, -0.25) is 0 Å². The number of benzene rings is 1. The molecule has 0 atom stereocenters. The number of aromatic amines is 1. The maximum absolute atomic E-state index is 13.6. The molecule has 1 aromatic carbocycles. The Kier molecular flexibility index (Phi) is 7.13. The average molecular weight is 416 g/mol. The Bertz CT molecular complexity index is 903. The van der Waals surface area contributed by atoms with Crippen LogP contribution in [0, 0.1) is 19.7 Å². The molecule has 1 heterocycles. The van der Waals surface area contributed by atoms with Crippen LogP contribution in [0.3, 0.4) is 0 Å². The lowest BCUT2D eigenvalue weighted by Gasteiger charge is -2.34. The van der Waals surface area contributed by atoms with Gasteiger partial charge >= 0.3 is 12.0 Å². The summed E-state index contributed by atoms with van der Waals surface area (Å²) in [6.45, 7) is 6.21. The average Bonchev–Trinajstić information content (AvgIpc) is 3.00. The van der Waals surface area contributed by atoms with E-state index in [4.69, 9.17) is 4.74 Å². The van der Waals surface area contributed by atoms with Gasteiger partial charge in [-0.2, -0.15) is 0 Å². The predicted molar refractivity (Wildman–Crippen MR) is 114 cm³/mol. The molecular formula is C23H30FN3O3. The molecule has 162 valence electrons. The number of carbonyl (C=O) groups excluding carboxylic acids is 2. The summed E-state index contributed by atoms with van der Waals surface area (Å²) in [7, 11) is 0. The molecule has 1 saturated carbocycles. The van der Waals surface area contributed by atoms with Crippen LogP contribution >= 0.6 is 0 Å². The Morgan fingerprint density at radius 1 is 1.23 bits per heavy atom. The van der Waals surface area contributed by atoms with E-state index in [-0.39, 0.29) is 12.1 Å². The number of amides is 2. The number of aromatic nitrogens is 1. The molecule has 0 radical (unpaired) electrons. The van der Waals surface area contributed by atoms with E-state index in [1.165, 1.54) is 18.6 Å². The van der Waals surface area contributed by atoms with Crippen molar-refractivity contribution in [3.8, 4) is 0 Å². The summed E-state index contributed by atoms with van der Waals surface area (Å²) in [6, 6.07) is 5.74. The molecule has 1 aliphatic rings. The molecule has 1 fully saturated rings. The zero-order valence-corrected chi connectivity index (χ0v) is 17.9. The van der Waals surface area contributed by atoms with Crippen molar-refractivity contribution in [1.82, 2.24) is 9.88 Å². The van der Waals surface area contributed by atoms with Gasteiger partial charge in [0.25, 0.3) is 0 Å². The molecule has 6 nitrogen and oxygen atoms in total. The van der Waals surface area contributed by atoms with Crippen molar-refractivity contribution < 1.29 is 18.7 Å². The number of ether oxygens (including phenoxy) is 1. The SMILES string of the molecule is CCOC(=O)c1[nH]c(C)c(CN(C(=O)Nc2cccc(F)c2)C2CCCCC2)c1C. The summed E-state index contributed by atoms with van der Waals surface area (Å²) in [4.78, 5) is 30.4. The Morgan fingerprint density at radius 2 is 1.97 bits per heavy atom. The normalized spacial score (nSPS) is 14.4. The lowest BCUT2D eigenvalue weighted by atomic mass is 9.93. The summed E-state index contributed by atoms with van der Waals surface area (Å²) >= 11 is 0. The van der Waals surface area contributed by atoms with Crippen LogP contribution in [0.4, 0.5) is 14.9 Å². The summed E-state index contributed by atoms with van der Waals surface area (Å²) in [5.74, 6) is -0.786. The van der Waals surface area contributed by atoms with Gasteiger partial charge in [0.05, 0.1) is 6.61 Å². The lowest BCUT2D eigenvalue weighted by molar-refractivity contribution is 0.0519. The number of anilines is 1. The second kappa shape index (κ2) is 9.78. The molecule has 2 N–H and O–H groups in total. The van der Waals surface area contributed by atoms with E-state index < -0.39 is 11.8 Å². The zero-order chi connectivity index (χ0) is 21.7. The lowest BCUT2D eigenvalue weighted by Crippen LogP contribution is -2.43. The molecule has 2 amide bonds. The minimum Gasteiger partial charge on any atom is -0.461 e. The molecule has 0 saturated heterocycles. The molecule has 2 aromatic rings. The van der Waals surface area contributed by atoms with Crippen LogP contribution in [0.5, 0.6) is 0 Å². The van der Waals surface area contributed by atoms with Crippen LogP contribution in [0.15, 0.2) is 24.3 Å². The Hall–Kier alpha value is -2.83. The highest BCUT2D eigenvalue weighted by atomic mass is 19.1. The number of nitrogens with zero attached hydrogens (tertiary/aromatic N) is 1. The number of hydrogen-bond acceptors (Lipinski definition) is 3. The van der Waals surface area contributed by atoms with Gasteiger partial charge in [-0.1, -0.05) is 25.3 Å². The van der Waals surface area contributed by atoms with Crippen molar-refractivity contribution in [3.05, 3.63) is 52.6 Å². The molecule has 0 spiro atoms. The van der Waals surface area contributed by atoms with E-state index in [0.29, 0.717) is 24.5 Å². The molecule has 0 bridgehead atoms.